The highest BCUT2D eigenvalue weighted by molar-refractivity contribution is 4.80. The second-order valence-electron chi connectivity index (χ2n) is 3.18. The van der Waals surface area contributed by atoms with E-state index in [0.29, 0.717) is 5.92 Å². The number of rotatable bonds is 6. The lowest BCUT2D eigenvalue weighted by Crippen LogP contribution is -2.20. The number of hydrogen-bond acceptors (Lipinski definition) is 1. The SMILES string of the molecule is C=CCC(CC=C)CN(C)C. The molecule has 0 rings (SSSR count). The van der Waals surface area contributed by atoms with Crippen LogP contribution in [-0.2, 0) is 0 Å². The standard InChI is InChI=1S/C10H19N/c1-5-7-10(8-6-2)9-11(3)4/h5-6,10H,1-2,7-9H2,3-4H3. The summed E-state index contributed by atoms with van der Waals surface area (Å²) >= 11 is 0. The molecule has 11 heavy (non-hydrogen) atoms. The molecule has 0 atom stereocenters. The molecule has 0 aliphatic rings. The molecule has 0 N–H and O–H groups in total. The Morgan fingerprint density at radius 3 is 1.91 bits per heavy atom. The van der Waals surface area contributed by atoms with Crippen molar-refractivity contribution < 1.29 is 0 Å². The van der Waals surface area contributed by atoms with Crippen LogP contribution in [0.2, 0.25) is 0 Å². The third kappa shape index (κ3) is 5.86. The summed E-state index contributed by atoms with van der Waals surface area (Å²) in [6.07, 6.45) is 6.14. The summed E-state index contributed by atoms with van der Waals surface area (Å²) in [7, 11) is 4.19. The first-order valence-electron chi connectivity index (χ1n) is 4.07. The molecule has 1 heteroatoms. The maximum absolute atomic E-state index is 3.74. The Balaban J connectivity index is 3.67. The number of hydrogen-bond donors (Lipinski definition) is 0. The van der Waals surface area contributed by atoms with Crippen molar-refractivity contribution >= 4 is 0 Å². The minimum absolute atomic E-state index is 0.694. The molecule has 1 nitrogen and oxygen atoms in total. The lowest BCUT2D eigenvalue weighted by molar-refractivity contribution is 0.327. The fourth-order valence-electron chi connectivity index (χ4n) is 1.23. The largest absolute Gasteiger partial charge is 0.309 e. The van der Waals surface area contributed by atoms with Crippen LogP contribution in [0.15, 0.2) is 25.3 Å². The van der Waals surface area contributed by atoms with Crippen molar-refractivity contribution in [2.24, 2.45) is 5.92 Å². The summed E-state index contributed by atoms with van der Waals surface area (Å²) in [5, 5.41) is 0. The molecular weight excluding hydrogens is 134 g/mol. The van der Waals surface area contributed by atoms with E-state index in [2.05, 4.69) is 32.2 Å². The smallest absolute Gasteiger partial charge is 0.000948 e. The van der Waals surface area contributed by atoms with Crippen LogP contribution in [0.5, 0.6) is 0 Å². The highest BCUT2D eigenvalue weighted by atomic mass is 15.1. The third-order valence-corrected chi connectivity index (χ3v) is 1.62. The Morgan fingerprint density at radius 1 is 1.18 bits per heavy atom. The Bertz CT molecular complexity index is 106. The molecule has 0 radical (unpaired) electrons. The molecule has 0 aromatic carbocycles. The van der Waals surface area contributed by atoms with Gasteiger partial charge in [-0.15, -0.1) is 13.2 Å². The van der Waals surface area contributed by atoms with Crippen LogP contribution >= 0.6 is 0 Å². The van der Waals surface area contributed by atoms with Crippen LogP contribution in [0, 0.1) is 5.92 Å². The molecule has 0 saturated carbocycles. The second kappa shape index (κ2) is 6.17. The zero-order chi connectivity index (χ0) is 8.69. The Morgan fingerprint density at radius 2 is 1.64 bits per heavy atom. The second-order valence-corrected chi connectivity index (χ2v) is 3.18. The highest BCUT2D eigenvalue weighted by Crippen LogP contribution is 2.10. The van der Waals surface area contributed by atoms with E-state index in [1.807, 2.05) is 12.2 Å². The summed E-state index contributed by atoms with van der Waals surface area (Å²) in [4.78, 5) is 2.21. The molecule has 0 aromatic heterocycles. The first-order valence-corrected chi connectivity index (χ1v) is 4.07. The van der Waals surface area contributed by atoms with Crippen molar-refractivity contribution in [2.45, 2.75) is 12.8 Å². The van der Waals surface area contributed by atoms with Crippen molar-refractivity contribution in [3.05, 3.63) is 25.3 Å². The van der Waals surface area contributed by atoms with E-state index in [4.69, 9.17) is 0 Å². The van der Waals surface area contributed by atoms with Gasteiger partial charge in [-0.2, -0.15) is 0 Å². The minimum Gasteiger partial charge on any atom is -0.309 e. The van der Waals surface area contributed by atoms with E-state index in [1.54, 1.807) is 0 Å². The average Bonchev–Trinajstić information content (AvgIpc) is 1.87. The monoisotopic (exact) mass is 153 g/mol. The van der Waals surface area contributed by atoms with Gasteiger partial charge in [0.25, 0.3) is 0 Å². The predicted octanol–water partition coefficient (Wildman–Crippen LogP) is 2.32. The molecule has 0 fully saturated rings. The minimum atomic E-state index is 0.694. The van der Waals surface area contributed by atoms with E-state index < -0.39 is 0 Å². The van der Waals surface area contributed by atoms with Crippen molar-refractivity contribution in [3.8, 4) is 0 Å². The van der Waals surface area contributed by atoms with E-state index >= 15 is 0 Å². The third-order valence-electron chi connectivity index (χ3n) is 1.62. The maximum Gasteiger partial charge on any atom is 0.000948 e. The van der Waals surface area contributed by atoms with Gasteiger partial charge in [0.15, 0.2) is 0 Å². The molecule has 0 unspecified atom stereocenters. The fourth-order valence-corrected chi connectivity index (χ4v) is 1.23. The molecule has 0 aliphatic carbocycles. The van der Waals surface area contributed by atoms with E-state index in [9.17, 15) is 0 Å². The van der Waals surface area contributed by atoms with E-state index in [-0.39, 0.29) is 0 Å². The van der Waals surface area contributed by atoms with Crippen LogP contribution in [0.4, 0.5) is 0 Å². The molecule has 64 valence electrons. The Labute approximate surface area is 70.4 Å². The van der Waals surface area contributed by atoms with Gasteiger partial charge in [-0.25, -0.2) is 0 Å². The predicted molar refractivity (Wildman–Crippen MR) is 51.7 cm³/mol. The summed E-state index contributed by atoms with van der Waals surface area (Å²) in [5.74, 6) is 0.694. The summed E-state index contributed by atoms with van der Waals surface area (Å²) in [6, 6.07) is 0. The Hall–Kier alpha value is -0.560. The maximum atomic E-state index is 3.74. The molecule has 0 amide bonds. The van der Waals surface area contributed by atoms with Gasteiger partial charge in [-0.1, -0.05) is 12.2 Å². The van der Waals surface area contributed by atoms with Crippen LogP contribution in [0.1, 0.15) is 12.8 Å². The van der Waals surface area contributed by atoms with E-state index in [1.165, 1.54) is 0 Å². The van der Waals surface area contributed by atoms with Crippen molar-refractivity contribution in [1.29, 1.82) is 0 Å². The number of nitrogens with zero attached hydrogens (tertiary/aromatic N) is 1. The summed E-state index contributed by atoms with van der Waals surface area (Å²) < 4.78 is 0. The molecule has 0 heterocycles. The molecule has 0 spiro atoms. The van der Waals surface area contributed by atoms with Crippen LogP contribution in [0.25, 0.3) is 0 Å². The van der Waals surface area contributed by atoms with Crippen LogP contribution in [0.3, 0.4) is 0 Å². The van der Waals surface area contributed by atoms with Gasteiger partial charge in [0.1, 0.15) is 0 Å². The summed E-state index contributed by atoms with van der Waals surface area (Å²) in [6.45, 7) is 8.60. The average molecular weight is 153 g/mol. The van der Waals surface area contributed by atoms with Gasteiger partial charge in [0.2, 0.25) is 0 Å². The molecule has 0 aliphatic heterocycles. The molecule has 0 bridgehead atoms. The van der Waals surface area contributed by atoms with Gasteiger partial charge in [-0.05, 0) is 32.9 Å². The van der Waals surface area contributed by atoms with Crippen molar-refractivity contribution in [1.82, 2.24) is 4.90 Å². The first-order chi connectivity index (χ1) is 5.20. The highest BCUT2D eigenvalue weighted by Gasteiger charge is 2.04. The topological polar surface area (TPSA) is 3.24 Å². The van der Waals surface area contributed by atoms with Crippen LogP contribution < -0.4 is 0 Å². The van der Waals surface area contributed by atoms with Gasteiger partial charge in [0.05, 0.1) is 0 Å². The first kappa shape index (κ1) is 10.4. The number of allylic oxidation sites excluding steroid dienone is 2. The lowest BCUT2D eigenvalue weighted by Gasteiger charge is -2.17. The molecule has 0 aromatic rings. The van der Waals surface area contributed by atoms with Crippen molar-refractivity contribution in [2.75, 3.05) is 20.6 Å². The van der Waals surface area contributed by atoms with E-state index in [0.717, 1.165) is 19.4 Å². The zero-order valence-electron chi connectivity index (χ0n) is 7.71. The van der Waals surface area contributed by atoms with Crippen LogP contribution in [-0.4, -0.2) is 25.5 Å². The van der Waals surface area contributed by atoms with Gasteiger partial charge < -0.3 is 4.90 Å². The van der Waals surface area contributed by atoms with Gasteiger partial charge in [0, 0.05) is 6.54 Å². The fraction of sp³-hybridized carbons (Fsp3) is 0.600. The van der Waals surface area contributed by atoms with Crippen molar-refractivity contribution in [3.63, 3.8) is 0 Å². The molecule has 0 saturated heterocycles. The quantitative estimate of drug-likeness (QED) is 0.529. The van der Waals surface area contributed by atoms with Gasteiger partial charge >= 0.3 is 0 Å². The Kier molecular flexibility index (Phi) is 5.86. The normalized spacial score (nSPS) is 10.5. The van der Waals surface area contributed by atoms with Gasteiger partial charge in [-0.3, -0.25) is 0 Å². The zero-order valence-corrected chi connectivity index (χ0v) is 7.71. The molecular formula is C10H19N. The lowest BCUT2D eigenvalue weighted by atomic mass is 10.0. The summed E-state index contributed by atoms with van der Waals surface area (Å²) in [5.41, 5.74) is 0.